The molecule has 1 N–H and O–H groups in total. The summed E-state index contributed by atoms with van der Waals surface area (Å²) in [4.78, 5) is 22.0. The Morgan fingerprint density at radius 2 is 1.79 bits per heavy atom. The van der Waals surface area contributed by atoms with Crippen molar-refractivity contribution in [1.29, 1.82) is 0 Å². The van der Waals surface area contributed by atoms with Crippen LogP contribution in [0, 0.1) is 5.82 Å². The van der Waals surface area contributed by atoms with E-state index in [1.54, 1.807) is 17.2 Å². The second-order valence-electron chi connectivity index (χ2n) is 12.1. The Balaban J connectivity index is 1.20. The van der Waals surface area contributed by atoms with Gasteiger partial charge < -0.3 is 14.6 Å². The number of aromatic nitrogens is 4. The molecular formula is C34H36FN5O2. The molecular weight excluding hydrogens is 529 g/mol. The van der Waals surface area contributed by atoms with Gasteiger partial charge in [0, 0.05) is 53.8 Å². The van der Waals surface area contributed by atoms with Crippen LogP contribution in [0.1, 0.15) is 63.6 Å². The zero-order chi connectivity index (χ0) is 29.4. The van der Waals surface area contributed by atoms with Gasteiger partial charge in [0.15, 0.2) is 0 Å². The minimum Gasteiger partial charge on any atom is -0.444 e. The van der Waals surface area contributed by atoms with Crippen molar-refractivity contribution in [1.82, 2.24) is 24.6 Å². The van der Waals surface area contributed by atoms with Crippen LogP contribution in [0.3, 0.4) is 0 Å². The molecule has 8 heteroatoms. The van der Waals surface area contributed by atoms with Crippen LogP contribution < -0.4 is 0 Å². The largest absolute Gasteiger partial charge is 0.444 e. The number of piperidine rings is 1. The van der Waals surface area contributed by atoms with Gasteiger partial charge in [-0.2, -0.15) is 5.10 Å². The summed E-state index contributed by atoms with van der Waals surface area (Å²) in [5.41, 5.74) is 5.73. The second kappa shape index (κ2) is 11.1. The number of carbonyl (C=O) groups excluding carboxylic acids is 1. The first-order valence-electron chi connectivity index (χ1n) is 14.5. The van der Waals surface area contributed by atoms with Gasteiger partial charge in [-0.1, -0.05) is 42.5 Å². The van der Waals surface area contributed by atoms with Gasteiger partial charge in [-0.25, -0.2) is 14.2 Å². The van der Waals surface area contributed by atoms with Crippen molar-refractivity contribution in [3.63, 3.8) is 0 Å². The number of pyridine rings is 1. The highest BCUT2D eigenvalue weighted by Crippen LogP contribution is 2.35. The Labute approximate surface area is 245 Å². The molecule has 0 spiro atoms. The topological polar surface area (TPSA) is 76.0 Å². The maximum Gasteiger partial charge on any atom is 0.410 e. The molecule has 1 unspecified atom stereocenters. The van der Waals surface area contributed by atoms with Crippen LogP contribution in [-0.4, -0.2) is 49.4 Å². The number of likely N-dealkylation sites (tertiary alicyclic amines) is 1. The summed E-state index contributed by atoms with van der Waals surface area (Å²) in [5, 5.41) is 5.59. The van der Waals surface area contributed by atoms with E-state index in [9.17, 15) is 4.79 Å². The highest BCUT2D eigenvalue weighted by Gasteiger charge is 2.28. The van der Waals surface area contributed by atoms with Crippen molar-refractivity contribution < 1.29 is 13.9 Å². The summed E-state index contributed by atoms with van der Waals surface area (Å²) in [7, 11) is 0. The predicted octanol–water partition coefficient (Wildman–Crippen LogP) is 7.96. The number of benzene rings is 2. The number of rotatable bonds is 5. The molecule has 0 aliphatic carbocycles. The molecule has 6 rings (SSSR count). The summed E-state index contributed by atoms with van der Waals surface area (Å²) >= 11 is 0. The fraction of sp³-hybridized carbons (Fsp3) is 0.324. The summed E-state index contributed by atoms with van der Waals surface area (Å²) in [6.07, 6.45) is 8.74. The minimum absolute atomic E-state index is 0.0597. The number of hydrogen-bond acceptors (Lipinski definition) is 4. The van der Waals surface area contributed by atoms with Crippen molar-refractivity contribution >= 4 is 17.1 Å². The van der Waals surface area contributed by atoms with Gasteiger partial charge in [0.05, 0.1) is 12.2 Å². The molecule has 1 amide bonds. The number of amides is 1. The lowest BCUT2D eigenvalue weighted by atomic mass is 9.88. The fourth-order valence-corrected chi connectivity index (χ4v) is 5.71. The van der Waals surface area contributed by atoms with E-state index in [-0.39, 0.29) is 23.9 Å². The van der Waals surface area contributed by atoms with Crippen LogP contribution >= 0.6 is 0 Å². The molecule has 1 aliphatic rings. The van der Waals surface area contributed by atoms with Gasteiger partial charge >= 0.3 is 6.09 Å². The standard InChI is InChI=1S/C34H36FN5O2/c1-22(23-8-6-5-7-9-23)40-21-27(19-38-40)30-20-37-32-29(30)16-26(18-36-32)25-10-11-28(31(35)17-25)24-12-14-39(15-13-24)33(41)42-34(2,3)4/h5-11,16-22,24H,12-15H2,1-4H3,(H,36,37). The average Bonchev–Trinajstić information content (AvgIpc) is 3.63. The number of halogens is 1. The van der Waals surface area contributed by atoms with Gasteiger partial charge in [0.2, 0.25) is 0 Å². The predicted molar refractivity (Wildman–Crippen MR) is 163 cm³/mol. The minimum atomic E-state index is -0.530. The van der Waals surface area contributed by atoms with Gasteiger partial charge in [0.1, 0.15) is 17.1 Å². The SMILES string of the molecule is CC(c1ccccc1)n1cc(-c2c[nH]c3ncc(-c4ccc(C5CCN(C(=O)OC(C)(C)C)CC5)c(F)c4)cc23)cn1. The first kappa shape index (κ1) is 27.7. The smallest absolute Gasteiger partial charge is 0.410 e. The van der Waals surface area contributed by atoms with E-state index < -0.39 is 5.60 Å². The lowest BCUT2D eigenvalue weighted by molar-refractivity contribution is 0.0204. The maximum absolute atomic E-state index is 15.5. The van der Waals surface area contributed by atoms with Crippen LogP contribution in [0.4, 0.5) is 9.18 Å². The van der Waals surface area contributed by atoms with Gasteiger partial charge in [-0.3, -0.25) is 4.68 Å². The van der Waals surface area contributed by atoms with Gasteiger partial charge in [-0.15, -0.1) is 0 Å². The first-order valence-corrected chi connectivity index (χ1v) is 14.5. The van der Waals surface area contributed by atoms with Crippen LogP contribution in [0.15, 0.2) is 79.4 Å². The number of nitrogens with one attached hydrogen (secondary N) is 1. The van der Waals surface area contributed by atoms with Crippen molar-refractivity contribution in [2.24, 2.45) is 0 Å². The number of aromatic amines is 1. The average molecular weight is 566 g/mol. The molecule has 3 aromatic heterocycles. The molecule has 0 radical (unpaired) electrons. The van der Waals surface area contributed by atoms with Crippen LogP contribution in [0.25, 0.3) is 33.3 Å². The lowest BCUT2D eigenvalue weighted by Crippen LogP contribution is -2.41. The van der Waals surface area contributed by atoms with E-state index in [1.807, 2.05) is 68.2 Å². The van der Waals surface area contributed by atoms with Crippen LogP contribution in [0.2, 0.25) is 0 Å². The number of fused-ring (bicyclic) bond motifs is 1. The normalized spacial score (nSPS) is 15.2. The van der Waals surface area contributed by atoms with Gasteiger partial charge in [0.25, 0.3) is 0 Å². The van der Waals surface area contributed by atoms with Crippen molar-refractivity contribution in [3.8, 4) is 22.3 Å². The fourth-order valence-electron chi connectivity index (χ4n) is 5.71. The number of nitrogens with zero attached hydrogens (tertiary/aromatic N) is 4. The van der Waals surface area contributed by atoms with E-state index in [4.69, 9.17) is 4.74 Å². The molecule has 0 bridgehead atoms. The molecule has 4 heterocycles. The second-order valence-corrected chi connectivity index (χ2v) is 12.1. The Morgan fingerprint density at radius 1 is 1.02 bits per heavy atom. The monoisotopic (exact) mass is 565 g/mol. The zero-order valence-electron chi connectivity index (χ0n) is 24.5. The third-order valence-corrected chi connectivity index (χ3v) is 8.04. The Hall–Kier alpha value is -4.46. The number of hydrogen-bond donors (Lipinski definition) is 1. The van der Waals surface area contributed by atoms with Gasteiger partial charge in [-0.05, 0) is 75.3 Å². The summed E-state index contributed by atoms with van der Waals surface area (Å²) < 4.78 is 22.9. The molecule has 2 aromatic carbocycles. The summed E-state index contributed by atoms with van der Waals surface area (Å²) in [5.74, 6) is -0.168. The van der Waals surface area contributed by atoms with Crippen molar-refractivity contribution in [2.75, 3.05) is 13.1 Å². The highest BCUT2D eigenvalue weighted by atomic mass is 19.1. The van der Waals surface area contributed by atoms with E-state index in [2.05, 4.69) is 46.4 Å². The molecule has 1 fully saturated rings. The van der Waals surface area contributed by atoms with E-state index in [1.165, 1.54) is 5.56 Å². The zero-order valence-corrected chi connectivity index (χ0v) is 24.5. The summed E-state index contributed by atoms with van der Waals surface area (Å²) in [6, 6.07) is 17.9. The van der Waals surface area contributed by atoms with Crippen LogP contribution in [-0.2, 0) is 4.74 Å². The first-order chi connectivity index (χ1) is 20.2. The van der Waals surface area contributed by atoms with Crippen molar-refractivity contribution in [3.05, 3.63) is 96.3 Å². The van der Waals surface area contributed by atoms with Crippen molar-refractivity contribution in [2.45, 2.75) is 58.1 Å². The number of ether oxygens (including phenoxy) is 1. The Kier molecular flexibility index (Phi) is 7.31. The van der Waals surface area contributed by atoms with Crippen LogP contribution in [0.5, 0.6) is 0 Å². The Morgan fingerprint density at radius 3 is 2.50 bits per heavy atom. The summed E-state index contributed by atoms with van der Waals surface area (Å²) in [6.45, 7) is 8.82. The molecule has 7 nitrogen and oxygen atoms in total. The van der Waals surface area contributed by atoms with E-state index in [0.29, 0.717) is 31.5 Å². The molecule has 42 heavy (non-hydrogen) atoms. The molecule has 1 saturated heterocycles. The van der Waals surface area contributed by atoms with E-state index in [0.717, 1.165) is 33.3 Å². The molecule has 5 aromatic rings. The molecule has 1 atom stereocenters. The third kappa shape index (κ3) is 5.66. The quantitative estimate of drug-likeness (QED) is 0.235. The third-order valence-electron chi connectivity index (χ3n) is 8.04. The Bertz CT molecular complexity index is 1710. The molecule has 0 saturated carbocycles. The molecule has 1 aliphatic heterocycles. The lowest BCUT2D eigenvalue weighted by Gasteiger charge is -2.33. The molecule has 216 valence electrons. The number of H-pyrrole nitrogens is 1. The highest BCUT2D eigenvalue weighted by molar-refractivity contribution is 5.95. The van der Waals surface area contributed by atoms with E-state index >= 15 is 4.39 Å². The number of carbonyl (C=O) groups is 1. The maximum atomic E-state index is 15.5.